The molecule has 1 aromatic carbocycles. The molecular weight excluding hydrogens is 356 g/mol. The highest BCUT2D eigenvalue weighted by Crippen LogP contribution is 2.22. The van der Waals surface area contributed by atoms with Crippen molar-refractivity contribution in [1.82, 2.24) is 4.98 Å². The molecule has 0 spiro atoms. The standard InChI is InChI=1S/C22H18N2O2S/c25-20(16-7-3-1-4-8-16)19(21(26)17-9-5-2-6-10-17)15-24-22(27)18-11-13-23-14-12-18/h1-5,7-9,11-15,26H,6,10H2. The third-order valence-electron chi connectivity index (χ3n) is 4.09. The van der Waals surface area contributed by atoms with Gasteiger partial charge in [-0.05, 0) is 30.5 Å². The molecule has 4 nitrogen and oxygen atoms in total. The first-order valence-corrected chi connectivity index (χ1v) is 8.95. The van der Waals surface area contributed by atoms with Gasteiger partial charge in [0.15, 0.2) is 5.78 Å². The summed E-state index contributed by atoms with van der Waals surface area (Å²) in [4.78, 5) is 21.5. The van der Waals surface area contributed by atoms with Gasteiger partial charge in [-0.3, -0.25) is 9.78 Å². The monoisotopic (exact) mass is 374 g/mol. The summed E-state index contributed by atoms with van der Waals surface area (Å²) in [6.45, 7) is 0. The number of Topliss-reactive ketones (excluding diaryl/α,β-unsaturated/α-hetero) is 1. The van der Waals surface area contributed by atoms with E-state index in [1.807, 2.05) is 24.3 Å². The van der Waals surface area contributed by atoms with Gasteiger partial charge in [0.2, 0.25) is 0 Å². The lowest BCUT2D eigenvalue weighted by Gasteiger charge is -2.11. The number of rotatable bonds is 5. The lowest BCUT2D eigenvalue weighted by molar-refractivity contribution is 0.103. The van der Waals surface area contributed by atoms with Crippen LogP contribution in [0.25, 0.3) is 0 Å². The summed E-state index contributed by atoms with van der Waals surface area (Å²) in [5, 5.41) is 10.8. The molecule has 0 aliphatic heterocycles. The molecule has 0 atom stereocenters. The first kappa shape index (κ1) is 18.6. The predicted octanol–water partition coefficient (Wildman–Crippen LogP) is 4.80. The zero-order valence-corrected chi connectivity index (χ0v) is 15.4. The number of thiocarbonyl (C=S) groups is 1. The molecule has 1 aromatic heterocycles. The molecule has 0 bridgehead atoms. The minimum atomic E-state index is -0.301. The third kappa shape index (κ3) is 4.71. The molecule has 0 radical (unpaired) electrons. The highest BCUT2D eigenvalue weighted by Gasteiger charge is 2.18. The Kier molecular flexibility index (Phi) is 6.18. The average molecular weight is 374 g/mol. The van der Waals surface area contributed by atoms with Gasteiger partial charge in [-0.25, -0.2) is 4.99 Å². The highest BCUT2D eigenvalue weighted by atomic mass is 32.1. The molecule has 1 aliphatic carbocycles. The van der Waals surface area contributed by atoms with Gasteiger partial charge in [0.25, 0.3) is 0 Å². The van der Waals surface area contributed by atoms with Gasteiger partial charge in [0.05, 0.1) is 5.57 Å². The molecule has 0 saturated carbocycles. The Hall–Kier alpha value is -3.18. The predicted molar refractivity (Wildman–Crippen MR) is 111 cm³/mol. The van der Waals surface area contributed by atoms with E-state index in [9.17, 15) is 9.90 Å². The molecular formula is C22H18N2O2S. The molecule has 27 heavy (non-hydrogen) atoms. The van der Waals surface area contributed by atoms with E-state index in [1.165, 1.54) is 6.21 Å². The number of pyridine rings is 1. The van der Waals surface area contributed by atoms with E-state index in [-0.39, 0.29) is 17.1 Å². The second-order valence-electron chi connectivity index (χ2n) is 5.92. The van der Waals surface area contributed by atoms with Gasteiger partial charge in [0.1, 0.15) is 10.7 Å². The van der Waals surface area contributed by atoms with E-state index >= 15 is 0 Å². The number of allylic oxidation sites excluding steroid dienone is 5. The minimum absolute atomic E-state index is 0.0607. The average Bonchev–Trinajstić information content (AvgIpc) is 2.75. The summed E-state index contributed by atoms with van der Waals surface area (Å²) < 4.78 is 0. The molecule has 1 N–H and O–H groups in total. The number of aromatic nitrogens is 1. The van der Waals surface area contributed by atoms with Crippen molar-refractivity contribution in [3.05, 3.63) is 101 Å². The van der Waals surface area contributed by atoms with Gasteiger partial charge in [0, 0.05) is 29.7 Å². The van der Waals surface area contributed by atoms with Crippen molar-refractivity contribution in [2.24, 2.45) is 4.99 Å². The Morgan fingerprint density at radius 3 is 2.52 bits per heavy atom. The van der Waals surface area contributed by atoms with Crippen LogP contribution in [0.2, 0.25) is 0 Å². The maximum Gasteiger partial charge on any atom is 0.198 e. The van der Waals surface area contributed by atoms with Gasteiger partial charge >= 0.3 is 0 Å². The van der Waals surface area contributed by atoms with E-state index in [4.69, 9.17) is 12.2 Å². The number of aliphatic imine (C=N–C) groups is 1. The smallest absolute Gasteiger partial charge is 0.198 e. The number of hydrogen-bond donors (Lipinski definition) is 1. The van der Waals surface area contributed by atoms with Crippen LogP contribution in [0.3, 0.4) is 0 Å². The number of hydrogen-bond acceptors (Lipinski definition) is 4. The maximum absolute atomic E-state index is 13.0. The summed E-state index contributed by atoms with van der Waals surface area (Å²) in [7, 11) is 0. The van der Waals surface area contributed by atoms with Crippen molar-refractivity contribution in [3.8, 4) is 0 Å². The van der Waals surface area contributed by atoms with E-state index in [1.54, 1.807) is 48.8 Å². The van der Waals surface area contributed by atoms with Crippen molar-refractivity contribution < 1.29 is 9.90 Å². The largest absolute Gasteiger partial charge is 0.507 e. The van der Waals surface area contributed by atoms with Crippen LogP contribution in [0.15, 0.2) is 95.0 Å². The number of nitrogens with zero attached hydrogens (tertiary/aromatic N) is 2. The molecule has 3 rings (SSSR count). The lowest BCUT2D eigenvalue weighted by Crippen LogP contribution is -2.11. The molecule has 2 aromatic rings. The van der Waals surface area contributed by atoms with Gasteiger partial charge in [-0.2, -0.15) is 0 Å². The fraction of sp³-hybridized carbons (Fsp3) is 0.0909. The quantitative estimate of drug-likeness (QED) is 0.268. The fourth-order valence-corrected chi connectivity index (χ4v) is 2.83. The molecule has 0 fully saturated rings. The minimum Gasteiger partial charge on any atom is -0.507 e. The molecule has 134 valence electrons. The summed E-state index contributed by atoms with van der Waals surface area (Å²) in [6.07, 6.45) is 11.8. The van der Waals surface area contributed by atoms with Crippen molar-refractivity contribution in [2.45, 2.75) is 12.8 Å². The zero-order chi connectivity index (χ0) is 19.1. The zero-order valence-electron chi connectivity index (χ0n) is 14.6. The SMILES string of the molecule is O=C(C(C=NC(=S)c1ccncc1)=C(O)C1=CC=CCC1)c1ccccc1. The molecule has 0 amide bonds. The third-order valence-corrected chi connectivity index (χ3v) is 4.43. The fourth-order valence-electron chi connectivity index (χ4n) is 2.64. The topological polar surface area (TPSA) is 62.5 Å². The summed E-state index contributed by atoms with van der Waals surface area (Å²) in [6, 6.07) is 12.3. The summed E-state index contributed by atoms with van der Waals surface area (Å²) in [5.74, 6) is -0.362. The van der Waals surface area contributed by atoms with Crippen molar-refractivity contribution in [1.29, 1.82) is 0 Å². The summed E-state index contributed by atoms with van der Waals surface area (Å²) >= 11 is 5.32. The van der Waals surface area contributed by atoms with Gasteiger partial charge in [-0.15, -0.1) is 0 Å². The summed E-state index contributed by atoms with van der Waals surface area (Å²) in [5.41, 5.74) is 2.03. The van der Waals surface area contributed by atoms with Crippen molar-refractivity contribution >= 4 is 29.2 Å². The Morgan fingerprint density at radius 2 is 1.85 bits per heavy atom. The Balaban J connectivity index is 1.98. The van der Waals surface area contributed by atoms with Crippen LogP contribution < -0.4 is 0 Å². The molecule has 5 heteroatoms. The molecule has 0 unspecified atom stereocenters. The van der Waals surface area contributed by atoms with Crippen LogP contribution in [0.4, 0.5) is 0 Å². The number of aliphatic hydroxyl groups excluding tert-OH is 1. The first-order chi connectivity index (χ1) is 13.2. The van der Waals surface area contributed by atoms with E-state index in [0.717, 1.165) is 12.0 Å². The van der Waals surface area contributed by atoms with Crippen LogP contribution in [-0.2, 0) is 0 Å². The molecule has 1 aliphatic rings. The number of aliphatic hydroxyl groups is 1. The van der Waals surface area contributed by atoms with Crippen LogP contribution in [-0.4, -0.2) is 27.1 Å². The van der Waals surface area contributed by atoms with Crippen molar-refractivity contribution in [3.63, 3.8) is 0 Å². The number of carbonyl (C=O) groups is 1. The first-order valence-electron chi connectivity index (χ1n) is 8.54. The second-order valence-corrected chi connectivity index (χ2v) is 6.30. The highest BCUT2D eigenvalue weighted by molar-refractivity contribution is 7.80. The van der Waals surface area contributed by atoms with E-state index < -0.39 is 0 Å². The van der Waals surface area contributed by atoms with Crippen LogP contribution in [0, 0.1) is 0 Å². The van der Waals surface area contributed by atoms with Crippen molar-refractivity contribution in [2.75, 3.05) is 0 Å². The van der Waals surface area contributed by atoms with Crippen LogP contribution in [0.1, 0.15) is 28.8 Å². The normalized spacial score (nSPS) is 14.6. The van der Waals surface area contributed by atoms with E-state index in [0.29, 0.717) is 22.5 Å². The van der Waals surface area contributed by atoms with Gasteiger partial charge in [-0.1, -0.05) is 60.8 Å². The molecule has 0 saturated heterocycles. The number of carbonyl (C=O) groups excluding carboxylic acids is 1. The Morgan fingerprint density at radius 1 is 1.11 bits per heavy atom. The lowest BCUT2D eigenvalue weighted by atomic mass is 9.96. The number of ketones is 1. The van der Waals surface area contributed by atoms with E-state index in [2.05, 4.69) is 9.98 Å². The van der Waals surface area contributed by atoms with Gasteiger partial charge < -0.3 is 5.11 Å². The second kappa shape index (κ2) is 8.96. The van der Waals surface area contributed by atoms with Crippen LogP contribution in [0.5, 0.6) is 0 Å². The Labute approximate surface area is 163 Å². The maximum atomic E-state index is 13.0. The Bertz CT molecular complexity index is 958. The van der Waals surface area contributed by atoms with Crippen LogP contribution >= 0.6 is 12.2 Å². The number of benzene rings is 1. The molecule has 1 heterocycles.